The zero-order valence-corrected chi connectivity index (χ0v) is 13.6. The monoisotopic (exact) mass is 306 g/mol. The summed E-state index contributed by atoms with van der Waals surface area (Å²) in [6, 6.07) is 0. The van der Waals surface area contributed by atoms with Gasteiger partial charge < -0.3 is 10.6 Å². The molecule has 0 saturated carbocycles. The van der Waals surface area contributed by atoms with Gasteiger partial charge in [-0.2, -0.15) is 5.10 Å². The largest absolute Gasteiger partial charge is 0.357 e. The maximum Gasteiger partial charge on any atom is 0.191 e. The third-order valence-corrected chi connectivity index (χ3v) is 3.80. The van der Waals surface area contributed by atoms with E-state index in [-0.39, 0.29) is 0 Å². The first-order valence-corrected chi connectivity index (χ1v) is 7.90. The minimum atomic E-state index is 0.625. The lowest BCUT2D eigenvalue weighted by Gasteiger charge is -2.10. The van der Waals surface area contributed by atoms with Crippen LogP contribution in [0.2, 0.25) is 0 Å². The molecule has 0 aliphatic rings. The van der Waals surface area contributed by atoms with Gasteiger partial charge in [0.05, 0.1) is 17.7 Å². The first kappa shape index (κ1) is 15.5. The second-order valence-electron chi connectivity index (χ2n) is 4.76. The molecule has 6 nitrogen and oxygen atoms in total. The molecule has 2 aromatic heterocycles. The number of guanidine groups is 1. The highest BCUT2D eigenvalue weighted by Gasteiger charge is 2.01. The molecule has 2 aromatic rings. The molecule has 114 valence electrons. The summed E-state index contributed by atoms with van der Waals surface area (Å²) in [5.41, 5.74) is 1.10. The van der Waals surface area contributed by atoms with Crippen molar-refractivity contribution in [3.05, 3.63) is 34.0 Å². The lowest BCUT2D eigenvalue weighted by molar-refractivity contribution is 0.766. The Bertz CT molecular complexity index is 586. The van der Waals surface area contributed by atoms with E-state index in [1.54, 1.807) is 16.0 Å². The van der Waals surface area contributed by atoms with Crippen LogP contribution >= 0.6 is 11.3 Å². The molecule has 0 aromatic carbocycles. The van der Waals surface area contributed by atoms with Gasteiger partial charge in [-0.3, -0.25) is 4.68 Å². The van der Waals surface area contributed by atoms with Crippen LogP contribution < -0.4 is 10.6 Å². The van der Waals surface area contributed by atoms with Crippen molar-refractivity contribution in [1.82, 2.24) is 25.4 Å². The Morgan fingerprint density at radius 1 is 1.38 bits per heavy atom. The SMILES string of the molecule is CCNC(=NCc1cnn(C)c1)NCCc1ncc(C)s1. The van der Waals surface area contributed by atoms with E-state index < -0.39 is 0 Å². The van der Waals surface area contributed by atoms with E-state index in [0.717, 1.165) is 36.0 Å². The van der Waals surface area contributed by atoms with E-state index in [9.17, 15) is 0 Å². The molecule has 0 unspecified atom stereocenters. The molecule has 0 atom stereocenters. The Morgan fingerprint density at radius 3 is 2.86 bits per heavy atom. The lowest BCUT2D eigenvalue weighted by atomic mass is 10.4. The zero-order chi connectivity index (χ0) is 15.1. The number of hydrogen-bond acceptors (Lipinski definition) is 4. The Labute approximate surface area is 129 Å². The van der Waals surface area contributed by atoms with Crippen molar-refractivity contribution < 1.29 is 0 Å². The highest BCUT2D eigenvalue weighted by molar-refractivity contribution is 7.11. The van der Waals surface area contributed by atoms with Crippen LogP contribution in [-0.4, -0.2) is 33.8 Å². The fraction of sp³-hybridized carbons (Fsp3) is 0.500. The van der Waals surface area contributed by atoms with Crippen molar-refractivity contribution in [3.63, 3.8) is 0 Å². The summed E-state index contributed by atoms with van der Waals surface area (Å²) in [5.74, 6) is 0.828. The molecular formula is C14H22N6S. The molecule has 2 heterocycles. The number of aryl methyl sites for hydroxylation is 2. The fourth-order valence-electron chi connectivity index (χ4n) is 1.87. The maximum absolute atomic E-state index is 4.56. The highest BCUT2D eigenvalue weighted by atomic mass is 32.1. The number of thiazole rings is 1. The van der Waals surface area contributed by atoms with Crippen molar-refractivity contribution in [2.45, 2.75) is 26.8 Å². The molecule has 0 aliphatic heterocycles. The van der Waals surface area contributed by atoms with Crippen molar-refractivity contribution in [2.24, 2.45) is 12.0 Å². The minimum Gasteiger partial charge on any atom is -0.357 e. The van der Waals surface area contributed by atoms with Crippen molar-refractivity contribution >= 4 is 17.3 Å². The third-order valence-electron chi connectivity index (χ3n) is 2.82. The van der Waals surface area contributed by atoms with Gasteiger partial charge >= 0.3 is 0 Å². The Balaban J connectivity index is 1.83. The molecule has 0 fully saturated rings. The molecule has 0 radical (unpaired) electrons. The van der Waals surface area contributed by atoms with E-state index in [4.69, 9.17) is 0 Å². The first-order chi connectivity index (χ1) is 10.2. The number of nitrogens with zero attached hydrogens (tertiary/aromatic N) is 4. The van der Waals surface area contributed by atoms with Crippen LogP contribution in [0.15, 0.2) is 23.6 Å². The molecule has 7 heteroatoms. The first-order valence-electron chi connectivity index (χ1n) is 7.08. The number of nitrogens with one attached hydrogen (secondary N) is 2. The van der Waals surface area contributed by atoms with Crippen LogP contribution in [0.5, 0.6) is 0 Å². The minimum absolute atomic E-state index is 0.625. The lowest BCUT2D eigenvalue weighted by Crippen LogP contribution is -2.38. The Morgan fingerprint density at radius 2 is 2.24 bits per heavy atom. The quantitative estimate of drug-likeness (QED) is 0.627. The van der Waals surface area contributed by atoms with Gasteiger partial charge in [0, 0.05) is 49.4 Å². The van der Waals surface area contributed by atoms with Crippen LogP contribution in [-0.2, 0) is 20.0 Å². The Hall–Kier alpha value is -1.89. The summed E-state index contributed by atoms with van der Waals surface area (Å²) >= 11 is 1.74. The molecule has 0 saturated heterocycles. The zero-order valence-electron chi connectivity index (χ0n) is 12.8. The predicted octanol–water partition coefficient (Wildman–Crippen LogP) is 1.48. The Kier molecular flexibility index (Phi) is 5.74. The van der Waals surface area contributed by atoms with Crippen molar-refractivity contribution in [3.8, 4) is 0 Å². The van der Waals surface area contributed by atoms with Crippen LogP contribution in [0.1, 0.15) is 22.4 Å². The van der Waals surface area contributed by atoms with Gasteiger partial charge in [-0.15, -0.1) is 11.3 Å². The number of hydrogen-bond donors (Lipinski definition) is 2. The van der Waals surface area contributed by atoms with E-state index in [1.807, 2.05) is 25.6 Å². The molecule has 0 aliphatic carbocycles. The van der Waals surface area contributed by atoms with Crippen LogP contribution in [0.3, 0.4) is 0 Å². The summed E-state index contributed by atoms with van der Waals surface area (Å²) < 4.78 is 1.79. The fourth-order valence-corrected chi connectivity index (χ4v) is 2.66. The van der Waals surface area contributed by atoms with Crippen LogP contribution in [0.4, 0.5) is 0 Å². The molecule has 2 rings (SSSR count). The molecule has 0 amide bonds. The summed E-state index contributed by atoms with van der Waals surface area (Å²) in [4.78, 5) is 10.2. The van der Waals surface area contributed by atoms with Gasteiger partial charge in [-0.25, -0.2) is 9.98 Å². The number of rotatable bonds is 6. The maximum atomic E-state index is 4.56. The average molecular weight is 306 g/mol. The third kappa shape index (κ3) is 5.18. The summed E-state index contributed by atoms with van der Waals surface area (Å²) in [6.07, 6.45) is 6.65. The topological polar surface area (TPSA) is 67.1 Å². The van der Waals surface area contributed by atoms with Crippen LogP contribution in [0.25, 0.3) is 0 Å². The van der Waals surface area contributed by atoms with Crippen LogP contribution in [0, 0.1) is 6.92 Å². The van der Waals surface area contributed by atoms with Crippen molar-refractivity contribution in [2.75, 3.05) is 13.1 Å². The second-order valence-corrected chi connectivity index (χ2v) is 6.08. The van der Waals surface area contributed by atoms with Gasteiger partial charge in [0.25, 0.3) is 0 Å². The standard InChI is InChI=1S/C14H22N6S/c1-4-15-14(18-8-12-9-19-20(3)10-12)16-6-5-13-17-7-11(2)21-13/h7,9-10H,4-6,8H2,1-3H3,(H2,15,16,18). The predicted molar refractivity (Wildman–Crippen MR) is 86.6 cm³/mol. The summed E-state index contributed by atoms with van der Waals surface area (Å²) in [5, 5.41) is 11.9. The van der Waals surface area contributed by atoms with E-state index >= 15 is 0 Å². The van der Waals surface area contributed by atoms with Gasteiger partial charge in [-0.1, -0.05) is 0 Å². The van der Waals surface area contributed by atoms with Gasteiger partial charge in [0.15, 0.2) is 5.96 Å². The summed E-state index contributed by atoms with van der Waals surface area (Å²) in [6.45, 7) is 6.43. The second kappa shape index (κ2) is 7.78. The normalized spacial score (nSPS) is 11.7. The van der Waals surface area contributed by atoms with Crippen molar-refractivity contribution in [1.29, 1.82) is 0 Å². The van der Waals surface area contributed by atoms with E-state index in [1.165, 1.54) is 4.88 Å². The van der Waals surface area contributed by atoms with E-state index in [2.05, 4.69) is 39.6 Å². The smallest absolute Gasteiger partial charge is 0.191 e. The molecule has 0 spiro atoms. The van der Waals surface area contributed by atoms with Gasteiger partial charge in [0.1, 0.15) is 0 Å². The molecule has 21 heavy (non-hydrogen) atoms. The van der Waals surface area contributed by atoms with Gasteiger partial charge in [0.2, 0.25) is 0 Å². The molecular weight excluding hydrogens is 284 g/mol. The van der Waals surface area contributed by atoms with E-state index in [0.29, 0.717) is 6.54 Å². The molecule has 0 bridgehead atoms. The average Bonchev–Trinajstić information content (AvgIpc) is 3.05. The number of aromatic nitrogens is 3. The summed E-state index contributed by atoms with van der Waals surface area (Å²) in [7, 11) is 1.91. The highest BCUT2D eigenvalue weighted by Crippen LogP contribution is 2.10. The van der Waals surface area contributed by atoms with Gasteiger partial charge in [-0.05, 0) is 13.8 Å². The number of aliphatic imine (C=N–C) groups is 1. The molecule has 2 N–H and O–H groups in total.